The molecule has 0 bridgehead atoms. The normalized spacial score (nSPS) is 30.2. The van der Waals surface area contributed by atoms with Crippen molar-refractivity contribution in [3.63, 3.8) is 0 Å². The highest BCUT2D eigenvalue weighted by atomic mass is 28.4. The second kappa shape index (κ2) is 8.55. The van der Waals surface area contributed by atoms with Crippen molar-refractivity contribution in [1.29, 1.82) is 0 Å². The van der Waals surface area contributed by atoms with Crippen molar-refractivity contribution in [2.24, 2.45) is 5.92 Å². The maximum Gasteiger partial charge on any atom is 0.326 e. The zero-order chi connectivity index (χ0) is 19.5. The van der Waals surface area contributed by atoms with Crippen LogP contribution in [0.5, 0.6) is 0 Å². The van der Waals surface area contributed by atoms with Crippen molar-refractivity contribution in [2.75, 3.05) is 13.2 Å². The van der Waals surface area contributed by atoms with Crippen LogP contribution in [0.1, 0.15) is 53.9 Å². The fourth-order valence-electron chi connectivity index (χ4n) is 3.36. The van der Waals surface area contributed by atoms with Crippen molar-refractivity contribution in [3.05, 3.63) is 12.2 Å². The standard InChI is InChI=1S/C20H37NO4Si/c1-8-9-10-11-12-13-21-18-17(15(2)24-19(18)22)16(25-21)14-23-26(6,7)20(3,4)5/h9-10,15-18H,8,11-14H2,1-7H3/b10-9-/t15-,16-,17+,18-/m0/s1. The highest BCUT2D eigenvalue weighted by molar-refractivity contribution is 6.74. The van der Waals surface area contributed by atoms with Crippen molar-refractivity contribution in [1.82, 2.24) is 5.06 Å². The van der Waals surface area contributed by atoms with Crippen molar-refractivity contribution in [3.8, 4) is 0 Å². The molecule has 2 fully saturated rings. The van der Waals surface area contributed by atoms with Gasteiger partial charge in [0, 0.05) is 6.54 Å². The number of hydrogen-bond acceptors (Lipinski definition) is 5. The topological polar surface area (TPSA) is 48.0 Å². The summed E-state index contributed by atoms with van der Waals surface area (Å²) < 4.78 is 11.9. The molecule has 150 valence electrons. The van der Waals surface area contributed by atoms with Gasteiger partial charge in [0.25, 0.3) is 0 Å². The van der Waals surface area contributed by atoms with Crippen LogP contribution in [-0.4, -0.2) is 50.8 Å². The van der Waals surface area contributed by atoms with Crippen LogP contribution in [0.3, 0.4) is 0 Å². The number of esters is 1. The maximum atomic E-state index is 12.3. The molecule has 2 saturated heterocycles. The Morgan fingerprint density at radius 2 is 1.96 bits per heavy atom. The molecule has 0 aliphatic carbocycles. The van der Waals surface area contributed by atoms with Crippen molar-refractivity contribution >= 4 is 14.3 Å². The van der Waals surface area contributed by atoms with E-state index in [1.807, 2.05) is 12.0 Å². The van der Waals surface area contributed by atoms with Crippen molar-refractivity contribution < 1.29 is 18.8 Å². The summed E-state index contributed by atoms with van der Waals surface area (Å²) in [7, 11) is -1.85. The second-order valence-electron chi connectivity index (χ2n) is 9.04. The molecular formula is C20H37NO4Si. The number of hydroxylamine groups is 2. The fraction of sp³-hybridized carbons (Fsp3) is 0.850. The van der Waals surface area contributed by atoms with E-state index in [-0.39, 0.29) is 35.2 Å². The predicted octanol–water partition coefficient (Wildman–Crippen LogP) is 4.30. The van der Waals surface area contributed by atoms with Gasteiger partial charge < -0.3 is 9.16 Å². The molecule has 0 unspecified atom stereocenters. The molecule has 2 aliphatic heterocycles. The number of carbonyl (C=O) groups excluding carboxylic acids is 1. The Labute approximate surface area is 160 Å². The quantitative estimate of drug-likeness (QED) is 0.271. The summed E-state index contributed by atoms with van der Waals surface area (Å²) >= 11 is 0. The summed E-state index contributed by atoms with van der Waals surface area (Å²) in [5.74, 6) is -0.0973. The van der Waals surface area contributed by atoms with E-state index in [9.17, 15) is 4.79 Å². The number of fused-ring (bicyclic) bond motifs is 1. The van der Waals surface area contributed by atoms with Gasteiger partial charge in [-0.05, 0) is 44.3 Å². The summed E-state index contributed by atoms with van der Waals surface area (Å²) in [6.45, 7) is 16.6. The van der Waals surface area contributed by atoms with E-state index in [2.05, 4.69) is 52.9 Å². The second-order valence-corrected chi connectivity index (χ2v) is 13.9. The molecule has 0 N–H and O–H groups in total. The van der Waals surface area contributed by atoms with Crippen LogP contribution in [0.2, 0.25) is 18.1 Å². The molecule has 4 atom stereocenters. The first-order chi connectivity index (χ1) is 12.1. The molecule has 5 nitrogen and oxygen atoms in total. The van der Waals surface area contributed by atoms with E-state index in [0.717, 1.165) is 25.8 Å². The third kappa shape index (κ3) is 4.77. The molecule has 2 heterocycles. The molecule has 0 saturated carbocycles. The third-order valence-corrected chi connectivity index (χ3v) is 10.5. The lowest BCUT2D eigenvalue weighted by Gasteiger charge is -2.37. The molecule has 2 aliphatic rings. The van der Waals surface area contributed by atoms with Crippen molar-refractivity contribution in [2.45, 2.75) is 90.3 Å². The molecule has 0 aromatic rings. The Hall–Kier alpha value is -0.693. The largest absolute Gasteiger partial charge is 0.461 e. The van der Waals surface area contributed by atoms with Gasteiger partial charge in [-0.3, -0.25) is 9.63 Å². The monoisotopic (exact) mass is 383 g/mol. The first-order valence-corrected chi connectivity index (χ1v) is 12.9. The minimum atomic E-state index is -1.85. The van der Waals surface area contributed by atoms with E-state index in [0.29, 0.717) is 6.61 Å². The lowest BCUT2D eigenvalue weighted by molar-refractivity contribution is -0.190. The number of cyclic esters (lactones) is 1. The van der Waals surface area contributed by atoms with Crippen LogP contribution in [-0.2, 0) is 18.8 Å². The van der Waals surface area contributed by atoms with E-state index >= 15 is 0 Å². The Balaban J connectivity index is 1.99. The number of ether oxygens (including phenoxy) is 1. The Morgan fingerprint density at radius 1 is 1.27 bits per heavy atom. The van der Waals surface area contributed by atoms with E-state index in [1.165, 1.54) is 0 Å². The van der Waals surface area contributed by atoms with Crippen LogP contribution in [0.15, 0.2) is 12.2 Å². The van der Waals surface area contributed by atoms with Gasteiger partial charge in [0.1, 0.15) is 18.2 Å². The SMILES string of the molecule is CC/C=C\CCCN1O[C@@H](CO[Si](C)(C)C(C)(C)C)[C@H]2[C@H](C)OC(=O)[C@H]21. The van der Waals surface area contributed by atoms with Gasteiger partial charge in [0.05, 0.1) is 12.5 Å². The molecule has 0 amide bonds. The molecular weight excluding hydrogens is 346 g/mol. The fourth-order valence-corrected chi connectivity index (χ4v) is 4.37. The summed E-state index contributed by atoms with van der Waals surface area (Å²) in [5.41, 5.74) is 0. The molecule has 26 heavy (non-hydrogen) atoms. The molecule has 0 aromatic heterocycles. The van der Waals surface area contributed by atoms with E-state index in [1.54, 1.807) is 0 Å². The minimum Gasteiger partial charge on any atom is -0.461 e. The van der Waals surface area contributed by atoms with Gasteiger partial charge in [0.2, 0.25) is 0 Å². The van der Waals surface area contributed by atoms with Gasteiger partial charge in [-0.15, -0.1) is 0 Å². The number of allylic oxidation sites excluding steroid dienone is 2. The molecule has 2 rings (SSSR count). The summed E-state index contributed by atoms with van der Waals surface area (Å²) in [6, 6.07) is -0.284. The van der Waals surface area contributed by atoms with E-state index in [4.69, 9.17) is 14.0 Å². The maximum absolute atomic E-state index is 12.3. The number of carbonyl (C=O) groups is 1. The minimum absolute atomic E-state index is 0.0541. The number of unbranched alkanes of at least 4 members (excludes halogenated alkanes) is 1. The zero-order valence-electron chi connectivity index (χ0n) is 17.6. The van der Waals surface area contributed by atoms with Crippen LogP contribution in [0.4, 0.5) is 0 Å². The lowest BCUT2D eigenvalue weighted by atomic mass is 9.93. The third-order valence-electron chi connectivity index (χ3n) is 6.03. The van der Waals surface area contributed by atoms with Gasteiger partial charge in [-0.2, -0.15) is 5.06 Å². The summed E-state index contributed by atoms with van der Waals surface area (Å²) in [6.07, 6.45) is 7.17. The first-order valence-electron chi connectivity index (χ1n) is 10.0. The van der Waals surface area contributed by atoms with Gasteiger partial charge in [-0.25, -0.2) is 0 Å². The van der Waals surface area contributed by atoms with Crippen LogP contribution >= 0.6 is 0 Å². The van der Waals surface area contributed by atoms with Crippen LogP contribution in [0.25, 0.3) is 0 Å². The molecule has 6 heteroatoms. The molecule has 0 spiro atoms. The first kappa shape index (κ1) is 21.6. The smallest absolute Gasteiger partial charge is 0.326 e. The number of hydrogen-bond donors (Lipinski definition) is 0. The zero-order valence-corrected chi connectivity index (χ0v) is 18.6. The number of nitrogens with zero attached hydrogens (tertiary/aromatic N) is 1. The Kier molecular flexibility index (Phi) is 7.10. The Morgan fingerprint density at radius 3 is 2.58 bits per heavy atom. The molecule has 0 aromatic carbocycles. The number of rotatable bonds is 8. The van der Waals surface area contributed by atoms with Gasteiger partial charge in [0.15, 0.2) is 8.32 Å². The molecule has 0 radical (unpaired) electrons. The van der Waals surface area contributed by atoms with Gasteiger partial charge in [-0.1, -0.05) is 39.8 Å². The summed E-state index contributed by atoms with van der Waals surface area (Å²) in [4.78, 5) is 18.5. The van der Waals surface area contributed by atoms with E-state index < -0.39 is 8.32 Å². The Bertz CT molecular complexity index is 514. The highest BCUT2D eigenvalue weighted by Gasteiger charge is 2.56. The average Bonchev–Trinajstić information content (AvgIpc) is 3.04. The lowest BCUT2D eigenvalue weighted by Crippen LogP contribution is -2.44. The predicted molar refractivity (Wildman–Crippen MR) is 106 cm³/mol. The highest BCUT2D eigenvalue weighted by Crippen LogP contribution is 2.40. The van der Waals surface area contributed by atoms with Gasteiger partial charge >= 0.3 is 5.97 Å². The average molecular weight is 384 g/mol. The van der Waals surface area contributed by atoms with Crippen LogP contribution in [0, 0.1) is 5.92 Å². The summed E-state index contributed by atoms with van der Waals surface area (Å²) in [5, 5.41) is 2.01. The van der Waals surface area contributed by atoms with Crippen LogP contribution < -0.4 is 0 Å².